The fraction of sp³-hybridized carbons (Fsp3) is 0.111. The van der Waals surface area contributed by atoms with E-state index in [2.05, 4.69) is 0 Å². The van der Waals surface area contributed by atoms with E-state index in [1.807, 2.05) is 36.4 Å². The summed E-state index contributed by atoms with van der Waals surface area (Å²) in [7, 11) is 0. The van der Waals surface area contributed by atoms with Gasteiger partial charge in [-0.15, -0.1) is 0 Å². The molecule has 1 aromatic heterocycles. The molecule has 6 rings (SSSR count). The summed E-state index contributed by atoms with van der Waals surface area (Å²) in [6, 6.07) is 26.2. The third kappa shape index (κ3) is 3.62. The van der Waals surface area contributed by atoms with Crippen molar-refractivity contribution in [3.8, 4) is 11.3 Å². The van der Waals surface area contributed by atoms with Crippen LogP contribution in [-0.2, 0) is 14.4 Å². The van der Waals surface area contributed by atoms with Gasteiger partial charge in [-0.3, -0.25) is 14.4 Å². The number of hydroxylamine groups is 1. The van der Waals surface area contributed by atoms with Crippen molar-refractivity contribution in [2.75, 3.05) is 9.96 Å². The Bertz CT molecular complexity index is 1420. The maximum Gasteiger partial charge on any atom is 0.266 e. The van der Waals surface area contributed by atoms with Gasteiger partial charge in [-0.1, -0.05) is 59.6 Å². The van der Waals surface area contributed by atoms with E-state index in [0.717, 1.165) is 0 Å². The predicted molar refractivity (Wildman–Crippen MR) is 133 cm³/mol. The molecule has 0 saturated carbocycles. The Morgan fingerprint density at radius 2 is 1.43 bits per heavy atom. The van der Waals surface area contributed by atoms with Crippen molar-refractivity contribution in [1.29, 1.82) is 0 Å². The molecular weight excluding hydrogens is 487 g/mol. The molecule has 35 heavy (non-hydrogen) atoms. The van der Waals surface area contributed by atoms with Gasteiger partial charge in [0.05, 0.1) is 16.4 Å². The second-order valence-corrected chi connectivity index (χ2v) is 9.18. The van der Waals surface area contributed by atoms with E-state index in [-0.39, 0.29) is 5.91 Å². The smallest absolute Gasteiger partial charge is 0.266 e. The molecule has 2 amide bonds. The normalized spacial score (nSPS) is 21.6. The van der Waals surface area contributed by atoms with Crippen molar-refractivity contribution in [1.82, 2.24) is 0 Å². The number of nitrogens with zero attached hydrogens (tertiary/aromatic N) is 2. The first-order valence-corrected chi connectivity index (χ1v) is 11.8. The molecule has 174 valence electrons. The summed E-state index contributed by atoms with van der Waals surface area (Å²) < 4.78 is 6.23. The summed E-state index contributed by atoms with van der Waals surface area (Å²) in [5, 5.41) is 2.60. The van der Waals surface area contributed by atoms with Gasteiger partial charge < -0.3 is 4.42 Å². The Balaban J connectivity index is 1.44. The molecule has 0 spiro atoms. The minimum Gasteiger partial charge on any atom is -0.459 e. The molecule has 0 unspecified atom stereocenters. The van der Waals surface area contributed by atoms with E-state index < -0.39 is 24.0 Å². The number of furan rings is 1. The largest absolute Gasteiger partial charge is 0.459 e. The summed E-state index contributed by atoms with van der Waals surface area (Å²) in [5.74, 6) is -0.562. The summed E-state index contributed by atoms with van der Waals surface area (Å²) in [6.07, 6.45) is -0.976. The van der Waals surface area contributed by atoms with Gasteiger partial charge in [0, 0.05) is 10.6 Å². The van der Waals surface area contributed by atoms with Crippen molar-refractivity contribution >= 4 is 46.4 Å². The van der Waals surface area contributed by atoms with Crippen LogP contribution in [0.1, 0.15) is 11.8 Å². The average Bonchev–Trinajstić information content (AvgIpc) is 3.57. The summed E-state index contributed by atoms with van der Waals surface area (Å²) >= 11 is 12.6. The quantitative estimate of drug-likeness (QED) is 0.305. The number of anilines is 2. The number of para-hydroxylation sites is 2. The molecule has 2 aliphatic rings. The van der Waals surface area contributed by atoms with Crippen LogP contribution in [0.2, 0.25) is 10.0 Å². The lowest BCUT2D eigenvalue weighted by molar-refractivity contribution is -0.126. The Hall–Kier alpha value is -3.58. The van der Waals surface area contributed by atoms with Crippen molar-refractivity contribution in [3.63, 3.8) is 0 Å². The van der Waals surface area contributed by atoms with Crippen LogP contribution in [0.25, 0.3) is 11.3 Å². The average molecular weight is 505 g/mol. The number of fused-ring (bicyclic) bond motifs is 1. The highest BCUT2D eigenvalue weighted by Gasteiger charge is 2.61. The summed E-state index contributed by atoms with van der Waals surface area (Å²) in [4.78, 5) is 34.3. The monoisotopic (exact) mass is 504 g/mol. The van der Waals surface area contributed by atoms with Crippen molar-refractivity contribution in [2.45, 2.75) is 12.1 Å². The molecule has 8 heteroatoms. The highest BCUT2D eigenvalue weighted by Crippen LogP contribution is 2.48. The zero-order chi connectivity index (χ0) is 24.1. The number of carbonyl (C=O) groups is 2. The number of imide groups is 1. The van der Waals surface area contributed by atoms with Crippen LogP contribution in [0.3, 0.4) is 0 Å². The van der Waals surface area contributed by atoms with Crippen LogP contribution in [0.15, 0.2) is 95.4 Å². The molecule has 0 N–H and O–H groups in total. The van der Waals surface area contributed by atoms with Gasteiger partial charge in [0.2, 0.25) is 5.91 Å². The number of carbonyl (C=O) groups excluding carboxylic acids is 2. The van der Waals surface area contributed by atoms with Crippen LogP contribution in [-0.4, -0.2) is 17.9 Å². The van der Waals surface area contributed by atoms with Crippen molar-refractivity contribution in [3.05, 3.63) is 107 Å². The number of amides is 2. The topological polar surface area (TPSA) is 63.0 Å². The molecule has 3 atom stereocenters. The van der Waals surface area contributed by atoms with E-state index in [9.17, 15) is 9.59 Å². The summed E-state index contributed by atoms with van der Waals surface area (Å²) in [5.41, 5.74) is 1.85. The predicted octanol–water partition coefficient (Wildman–Crippen LogP) is 6.30. The molecular formula is C27H18Cl2N2O4. The van der Waals surface area contributed by atoms with Gasteiger partial charge in [0.15, 0.2) is 6.10 Å². The minimum absolute atomic E-state index is 0.339. The number of hydrogen-bond donors (Lipinski definition) is 0. The van der Waals surface area contributed by atoms with Gasteiger partial charge in [0.25, 0.3) is 5.91 Å². The standard InChI is InChI=1S/C27H18Cl2N2O4/c28-16-11-12-20(29)19(15-16)21-13-14-22(34-21)24-23-25(35-31(24)18-9-5-2-6-10-18)27(33)30(26(23)32)17-7-3-1-4-8-17/h1-15,23-25H/t23-,24-,25-/m1/s1. The van der Waals surface area contributed by atoms with E-state index in [0.29, 0.717) is 38.5 Å². The van der Waals surface area contributed by atoms with Crippen molar-refractivity contribution < 1.29 is 18.8 Å². The summed E-state index contributed by atoms with van der Waals surface area (Å²) in [6.45, 7) is 0. The highest BCUT2D eigenvalue weighted by atomic mass is 35.5. The fourth-order valence-electron chi connectivity index (χ4n) is 4.68. The number of hydrogen-bond acceptors (Lipinski definition) is 5. The lowest BCUT2D eigenvalue weighted by Gasteiger charge is -2.27. The van der Waals surface area contributed by atoms with E-state index in [1.165, 1.54) is 4.90 Å². The molecule has 2 aliphatic heterocycles. The number of rotatable bonds is 4. The molecule has 2 fully saturated rings. The lowest BCUT2D eigenvalue weighted by Crippen LogP contribution is -2.37. The molecule has 3 heterocycles. The van der Waals surface area contributed by atoms with E-state index in [4.69, 9.17) is 32.5 Å². The Labute approximate surface area is 211 Å². The SMILES string of the molecule is O=C1[C@@H]2[C@@H](c3ccc(-c4cc(Cl)ccc4Cl)o3)N(c3ccccc3)O[C@H]2C(=O)N1c1ccccc1. The highest BCUT2D eigenvalue weighted by molar-refractivity contribution is 6.35. The van der Waals surface area contributed by atoms with E-state index in [1.54, 1.807) is 59.7 Å². The third-order valence-electron chi connectivity index (χ3n) is 6.25. The maximum atomic E-state index is 13.7. The van der Waals surface area contributed by atoms with Crippen LogP contribution in [0.5, 0.6) is 0 Å². The Kier molecular flexibility index (Phi) is 5.37. The van der Waals surface area contributed by atoms with Gasteiger partial charge in [-0.25, -0.2) is 9.96 Å². The van der Waals surface area contributed by atoms with Crippen molar-refractivity contribution in [2.24, 2.45) is 5.92 Å². The zero-order valence-corrected chi connectivity index (χ0v) is 19.7. The number of halogens is 2. The van der Waals surface area contributed by atoms with Gasteiger partial charge in [-0.2, -0.15) is 0 Å². The molecule has 0 aliphatic carbocycles. The molecule has 2 saturated heterocycles. The number of benzene rings is 3. The first-order valence-electron chi connectivity index (χ1n) is 11.0. The molecule has 3 aromatic carbocycles. The molecule has 0 radical (unpaired) electrons. The van der Waals surface area contributed by atoms with E-state index >= 15 is 0 Å². The lowest BCUT2D eigenvalue weighted by atomic mass is 9.94. The van der Waals surface area contributed by atoms with Crippen LogP contribution < -0.4 is 9.96 Å². The molecule has 4 aromatic rings. The van der Waals surface area contributed by atoms with Crippen LogP contribution in [0.4, 0.5) is 11.4 Å². The second-order valence-electron chi connectivity index (χ2n) is 8.33. The zero-order valence-electron chi connectivity index (χ0n) is 18.2. The minimum atomic E-state index is -0.976. The van der Waals surface area contributed by atoms with Gasteiger partial charge >= 0.3 is 0 Å². The third-order valence-corrected chi connectivity index (χ3v) is 6.82. The fourth-order valence-corrected chi connectivity index (χ4v) is 5.06. The first kappa shape index (κ1) is 21.9. The van der Waals surface area contributed by atoms with Crippen LogP contribution in [0, 0.1) is 5.92 Å². The first-order chi connectivity index (χ1) is 17.0. The molecule has 6 nitrogen and oxygen atoms in total. The maximum absolute atomic E-state index is 13.7. The van der Waals surface area contributed by atoms with Gasteiger partial charge in [0.1, 0.15) is 23.5 Å². The Morgan fingerprint density at radius 1 is 0.743 bits per heavy atom. The van der Waals surface area contributed by atoms with Gasteiger partial charge in [-0.05, 0) is 54.6 Å². The second kappa shape index (κ2) is 8.57. The van der Waals surface area contributed by atoms with Crippen LogP contribution >= 0.6 is 23.2 Å². The Morgan fingerprint density at radius 3 is 2.14 bits per heavy atom. The molecule has 0 bridgehead atoms.